The van der Waals surface area contributed by atoms with Gasteiger partial charge >= 0.3 is 15.8 Å². The van der Waals surface area contributed by atoms with E-state index in [0.29, 0.717) is 12.8 Å². The smallest absolute Gasteiger partial charge is 0.262 e. The lowest BCUT2D eigenvalue weighted by Gasteiger charge is -2.27. The molecule has 0 bridgehead atoms. The maximum atomic E-state index is 12.2. The Morgan fingerprint density at radius 1 is 1.15 bits per heavy atom. The Morgan fingerprint density at radius 3 is 2.20 bits per heavy atom. The third-order valence-corrected chi connectivity index (χ3v) is 4.92. The number of nitro groups is 1. The monoisotopic (exact) mass is 299 g/mol. The fourth-order valence-corrected chi connectivity index (χ4v) is 3.56. The van der Waals surface area contributed by atoms with Crippen LogP contribution in [0.15, 0.2) is 29.2 Å². The van der Waals surface area contributed by atoms with Crippen molar-refractivity contribution in [2.45, 2.75) is 49.6 Å². The van der Waals surface area contributed by atoms with Crippen molar-refractivity contribution in [1.29, 1.82) is 0 Å². The van der Waals surface area contributed by atoms with Gasteiger partial charge in [-0.3, -0.25) is 10.1 Å². The topological polar surface area (TPSA) is 86.5 Å². The van der Waals surface area contributed by atoms with E-state index < -0.39 is 20.8 Å². The zero-order valence-corrected chi connectivity index (χ0v) is 12.1. The largest absolute Gasteiger partial charge is 0.339 e. The van der Waals surface area contributed by atoms with Gasteiger partial charge in [-0.05, 0) is 31.9 Å². The Balaban J connectivity index is 2.30. The van der Waals surface area contributed by atoms with Crippen molar-refractivity contribution in [1.82, 2.24) is 0 Å². The normalized spacial score (nSPS) is 18.6. The molecule has 0 N–H and O–H groups in total. The SMILES string of the molecule is Cc1ccc(S(=O)(=O)OC2([N+](=O)[O-])CCCCC2)cc1. The highest BCUT2D eigenvalue weighted by molar-refractivity contribution is 7.86. The average molecular weight is 299 g/mol. The van der Waals surface area contributed by atoms with Gasteiger partial charge in [0.25, 0.3) is 0 Å². The first-order valence-electron chi connectivity index (χ1n) is 6.53. The molecular formula is C13H17NO5S. The second kappa shape index (κ2) is 5.49. The number of benzene rings is 1. The Bertz CT molecular complexity index is 588. The molecule has 6 nitrogen and oxygen atoms in total. The van der Waals surface area contributed by atoms with Gasteiger partial charge in [-0.1, -0.05) is 24.1 Å². The van der Waals surface area contributed by atoms with Gasteiger partial charge in [0.2, 0.25) is 0 Å². The van der Waals surface area contributed by atoms with E-state index in [-0.39, 0.29) is 17.7 Å². The van der Waals surface area contributed by atoms with Crippen LogP contribution >= 0.6 is 0 Å². The van der Waals surface area contributed by atoms with Crippen LogP contribution in [0.3, 0.4) is 0 Å². The summed E-state index contributed by atoms with van der Waals surface area (Å²) in [6.07, 6.45) is 2.33. The van der Waals surface area contributed by atoms with Crippen molar-refractivity contribution < 1.29 is 17.5 Å². The molecule has 1 saturated carbocycles. The van der Waals surface area contributed by atoms with Gasteiger partial charge in [0, 0.05) is 12.8 Å². The number of hydrogen-bond donors (Lipinski definition) is 0. The highest BCUT2D eigenvalue weighted by Crippen LogP contribution is 2.35. The standard InChI is InChI=1S/C13H17NO5S/c1-11-5-7-12(8-6-11)20(17,18)19-13(14(15)16)9-3-2-4-10-13/h5-8H,2-4,9-10H2,1H3. The Labute approximate surface area is 118 Å². The Morgan fingerprint density at radius 2 is 1.70 bits per heavy atom. The molecule has 0 spiro atoms. The van der Waals surface area contributed by atoms with Crippen LogP contribution in [0, 0.1) is 17.0 Å². The summed E-state index contributed by atoms with van der Waals surface area (Å²) in [7, 11) is -4.12. The molecule has 1 fully saturated rings. The average Bonchev–Trinajstić information content (AvgIpc) is 2.39. The molecular weight excluding hydrogens is 282 g/mol. The predicted molar refractivity (Wildman–Crippen MR) is 72.3 cm³/mol. The Kier molecular flexibility index (Phi) is 4.10. The maximum Gasteiger partial charge on any atom is 0.339 e. The molecule has 0 heterocycles. The highest BCUT2D eigenvalue weighted by atomic mass is 32.2. The third kappa shape index (κ3) is 2.99. The second-order valence-electron chi connectivity index (χ2n) is 5.11. The van der Waals surface area contributed by atoms with Gasteiger partial charge in [0.15, 0.2) is 0 Å². The molecule has 1 aliphatic rings. The van der Waals surface area contributed by atoms with Gasteiger partial charge in [-0.25, -0.2) is 0 Å². The lowest BCUT2D eigenvalue weighted by molar-refractivity contribution is -0.620. The summed E-state index contributed by atoms with van der Waals surface area (Å²) in [6, 6.07) is 6.08. The molecule has 0 radical (unpaired) electrons. The minimum absolute atomic E-state index is 0.0464. The van der Waals surface area contributed by atoms with Crippen LogP contribution in [0.25, 0.3) is 0 Å². The summed E-state index contributed by atoms with van der Waals surface area (Å²) in [6.45, 7) is 1.83. The fraction of sp³-hybridized carbons (Fsp3) is 0.538. The first kappa shape index (κ1) is 14.9. The molecule has 2 rings (SSSR count). The summed E-state index contributed by atoms with van der Waals surface area (Å²) < 4.78 is 29.4. The molecule has 0 unspecified atom stereocenters. The molecule has 110 valence electrons. The summed E-state index contributed by atoms with van der Waals surface area (Å²) in [4.78, 5) is 10.6. The molecule has 0 aliphatic heterocycles. The van der Waals surface area contributed by atoms with Crippen molar-refractivity contribution in [3.05, 3.63) is 39.9 Å². The van der Waals surface area contributed by atoms with Crippen LogP contribution in [0.1, 0.15) is 37.7 Å². The van der Waals surface area contributed by atoms with E-state index in [1.165, 1.54) is 12.1 Å². The molecule has 0 amide bonds. The first-order valence-corrected chi connectivity index (χ1v) is 7.93. The van der Waals surface area contributed by atoms with E-state index in [2.05, 4.69) is 0 Å². The maximum absolute atomic E-state index is 12.2. The van der Waals surface area contributed by atoms with Gasteiger partial charge in [0.1, 0.15) is 0 Å². The van der Waals surface area contributed by atoms with Crippen molar-refractivity contribution >= 4 is 10.1 Å². The molecule has 1 aromatic carbocycles. The molecule has 0 saturated heterocycles. The van der Waals surface area contributed by atoms with Crippen LogP contribution in [0.5, 0.6) is 0 Å². The lowest BCUT2D eigenvalue weighted by Crippen LogP contribution is -2.44. The van der Waals surface area contributed by atoms with Gasteiger partial charge in [-0.2, -0.15) is 12.6 Å². The van der Waals surface area contributed by atoms with E-state index >= 15 is 0 Å². The number of nitrogens with zero attached hydrogens (tertiary/aromatic N) is 1. The minimum atomic E-state index is -4.12. The van der Waals surface area contributed by atoms with Crippen LogP contribution < -0.4 is 0 Å². The molecule has 1 aliphatic carbocycles. The zero-order valence-electron chi connectivity index (χ0n) is 11.2. The molecule has 0 atom stereocenters. The molecule has 7 heteroatoms. The second-order valence-corrected chi connectivity index (χ2v) is 6.66. The van der Waals surface area contributed by atoms with E-state index in [1.807, 2.05) is 6.92 Å². The van der Waals surface area contributed by atoms with E-state index in [9.17, 15) is 18.5 Å². The predicted octanol–water partition coefficient (Wildman–Crippen LogP) is 2.64. The van der Waals surface area contributed by atoms with Gasteiger partial charge in [-0.15, -0.1) is 0 Å². The van der Waals surface area contributed by atoms with Crippen molar-refractivity contribution in [3.63, 3.8) is 0 Å². The van der Waals surface area contributed by atoms with Crippen molar-refractivity contribution in [3.8, 4) is 0 Å². The number of hydrogen-bond acceptors (Lipinski definition) is 5. The molecule has 1 aromatic rings. The van der Waals surface area contributed by atoms with Gasteiger partial charge in [0.05, 0.1) is 9.82 Å². The first-order chi connectivity index (χ1) is 9.36. The van der Waals surface area contributed by atoms with E-state index in [0.717, 1.165) is 12.0 Å². The molecule has 0 aromatic heterocycles. The summed E-state index contributed by atoms with van der Waals surface area (Å²) in [5.74, 6) is 0. The number of rotatable bonds is 4. The Hall–Kier alpha value is -1.47. The third-order valence-electron chi connectivity index (χ3n) is 3.54. The summed E-state index contributed by atoms with van der Waals surface area (Å²) in [5.41, 5.74) is -0.896. The quantitative estimate of drug-likeness (QED) is 0.369. The van der Waals surface area contributed by atoms with Crippen LogP contribution in [0.4, 0.5) is 0 Å². The van der Waals surface area contributed by atoms with E-state index in [4.69, 9.17) is 4.18 Å². The fourth-order valence-electron chi connectivity index (χ4n) is 2.36. The van der Waals surface area contributed by atoms with Gasteiger partial charge < -0.3 is 0 Å². The lowest BCUT2D eigenvalue weighted by atomic mass is 9.92. The van der Waals surface area contributed by atoms with Crippen LogP contribution in [-0.4, -0.2) is 19.1 Å². The van der Waals surface area contributed by atoms with E-state index in [1.54, 1.807) is 12.1 Å². The van der Waals surface area contributed by atoms with Crippen molar-refractivity contribution in [2.24, 2.45) is 0 Å². The highest BCUT2D eigenvalue weighted by Gasteiger charge is 2.49. The summed E-state index contributed by atoms with van der Waals surface area (Å²) >= 11 is 0. The summed E-state index contributed by atoms with van der Waals surface area (Å²) in [5, 5.41) is 11.3. The van der Waals surface area contributed by atoms with Crippen molar-refractivity contribution in [2.75, 3.05) is 0 Å². The van der Waals surface area contributed by atoms with Crippen LogP contribution in [-0.2, 0) is 14.3 Å². The zero-order chi connectivity index (χ0) is 14.8. The number of aryl methyl sites for hydroxylation is 1. The molecule has 20 heavy (non-hydrogen) atoms. The van der Waals surface area contributed by atoms with Crippen LogP contribution in [0.2, 0.25) is 0 Å². The minimum Gasteiger partial charge on any atom is -0.262 e.